The molecule has 2 aromatic rings. The smallest absolute Gasteiger partial charge is 0.307 e. The number of carboxylic acids is 1. The molecule has 0 atom stereocenters. The van der Waals surface area contributed by atoms with E-state index in [-0.39, 0.29) is 6.42 Å². The van der Waals surface area contributed by atoms with E-state index in [2.05, 4.69) is 5.32 Å². The number of rotatable bonds is 4. The fourth-order valence-corrected chi connectivity index (χ4v) is 2.29. The molecule has 0 aliphatic rings. The Morgan fingerprint density at radius 1 is 1.20 bits per heavy atom. The fourth-order valence-electron chi connectivity index (χ4n) is 1.80. The molecule has 0 aromatic heterocycles. The number of benzene rings is 2. The van der Waals surface area contributed by atoms with Crippen LogP contribution in [0.3, 0.4) is 0 Å². The van der Waals surface area contributed by atoms with Crippen molar-refractivity contribution in [3.8, 4) is 0 Å². The van der Waals surface area contributed by atoms with Crippen LogP contribution in [-0.2, 0) is 11.2 Å². The molecule has 0 amide bonds. The van der Waals surface area contributed by atoms with E-state index in [0.29, 0.717) is 32.7 Å². The fraction of sp³-hybridized carbons (Fsp3) is 0.0714. The number of halogens is 2. The zero-order chi connectivity index (χ0) is 14.7. The van der Waals surface area contributed by atoms with Gasteiger partial charge in [-0.25, -0.2) is 0 Å². The van der Waals surface area contributed by atoms with E-state index in [1.807, 2.05) is 0 Å². The van der Waals surface area contributed by atoms with Gasteiger partial charge in [0.15, 0.2) is 0 Å². The topological polar surface area (TPSA) is 75.3 Å². The SMILES string of the molecule is Nc1ccc(Nc2c(Cl)cccc2Cl)c(CC(=O)O)c1. The van der Waals surface area contributed by atoms with Crippen LogP contribution in [0.4, 0.5) is 17.1 Å². The highest BCUT2D eigenvalue weighted by molar-refractivity contribution is 6.39. The Labute approximate surface area is 126 Å². The van der Waals surface area contributed by atoms with Crippen molar-refractivity contribution in [1.29, 1.82) is 0 Å². The third-order valence-electron chi connectivity index (χ3n) is 2.69. The number of anilines is 3. The average Bonchev–Trinajstić information content (AvgIpc) is 2.35. The molecule has 20 heavy (non-hydrogen) atoms. The van der Waals surface area contributed by atoms with Gasteiger partial charge in [-0.1, -0.05) is 29.3 Å². The number of carboxylic acid groups (broad SMARTS) is 1. The molecule has 2 aromatic carbocycles. The molecule has 0 saturated heterocycles. The number of aliphatic carboxylic acids is 1. The van der Waals surface area contributed by atoms with Gasteiger partial charge in [-0.2, -0.15) is 0 Å². The lowest BCUT2D eigenvalue weighted by Crippen LogP contribution is -2.05. The second-order valence-electron chi connectivity index (χ2n) is 4.21. The van der Waals surface area contributed by atoms with Crippen molar-refractivity contribution in [3.05, 3.63) is 52.0 Å². The summed E-state index contributed by atoms with van der Waals surface area (Å²) in [5, 5.41) is 12.9. The van der Waals surface area contributed by atoms with Gasteiger partial charge in [-0.15, -0.1) is 0 Å². The number of nitrogens with two attached hydrogens (primary N) is 1. The summed E-state index contributed by atoms with van der Waals surface area (Å²) in [5.74, 6) is -0.941. The Hall–Kier alpha value is -1.91. The number of nitrogen functional groups attached to an aromatic ring is 1. The third-order valence-corrected chi connectivity index (χ3v) is 3.32. The summed E-state index contributed by atoms with van der Waals surface area (Å²) >= 11 is 12.2. The zero-order valence-corrected chi connectivity index (χ0v) is 11.9. The van der Waals surface area contributed by atoms with Crippen LogP contribution in [0.2, 0.25) is 10.0 Å². The predicted octanol–water partition coefficient (Wildman–Crippen LogP) is 3.95. The van der Waals surface area contributed by atoms with Crippen LogP contribution in [0.1, 0.15) is 5.56 Å². The van der Waals surface area contributed by atoms with Crippen LogP contribution in [0.15, 0.2) is 36.4 Å². The minimum Gasteiger partial charge on any atom is -0.481 e. The van der Waals surface area contributed by atoms with E-state index in [0.717, 1.165) is 0 Å². The Kier molecular flexibility index (Phi) is 4.37. The number of carbonyl (C=O) groups is 1. The molecule has 2 rings (SSSR count). The van der Waals surface area contributed by atoms with Gasteiger partial charge in [0.2, 0.25) is 0 Å². The quantitative estimate of drug-likeness (QED) is 0.747. The van der Waals surface area contributed by atoms with Crippen LogP contribution in [0.25, 0.3) is 0 Å². The standard InChI is InChI=1S/C14H12Cl2N2O2/c15-10-2-1-3-11(16)14(10)18-12-5-4-9(17)6-8(12)7-13(19)20/h1-6,18H,7,17H2,(H,19,20). The number of hydrogen-bond acceptors (Lipinski definition) is 3. The Balaban J connectivity index is 2.40. The van der Waals surface area contributed by atoms with Crippen LogP contribution in [0.5, 0.6) is 0 Å². The van der Waals surface area contributed by atoms with Gasteiger partial charge in [0.1, 0.15) is 0 Å². The van der Waals surface area contributed by atoms with Gasteiger partial charge in [0, 0.05) is 11.4 Å². The first-order valence-corrected chi connectivity index (χ1v) is 6.54. The summed E-state index contributed by atoms with van der Waals surface area (Å²) in [5.41, 5.74) is 7.89. The highest BCUT2D eigenvalue weighted by Crippen LogP contribution is 2.34. The first kappa shape index (κ1) is 14.5. The first-order valence-electron chi connectivity index (χ1n) is 5.78. The van der Waals surface area contributed by atoms with Crippen molar-refractivity contribution in [3.63, 3.8) is 0 Å². The van der Waals surface area contributed by atoms with Gasteiger partial charge in [-0.05, 0) is 35.9 Å². The first-order chi connectivity index (χ1) is 9.47. The molecule has 0 spiro atoms. The normalized spacial score (nSPS) is 10.3. The number of nitrogens with one attached hydrogen (secondary N) is 1. The maximum atomic E-state index is 10.9. The number of hydrogen-bond donors (Lipinski definition) is 3. The molecule has 0 fully saturated rings. The van der Waals surface area contributed by atoms with Crippen LogP contribution in [-0.4, -0.2) is 11.1 Å². The van der Waals surface area contributed by atoms with Crippen LogP contribution in [0, 0.1) is 0 Å². The van der Waals surface area contributed by atoms with Crippen molar-refractivity contribution >= 4 is 46.2 Å². The Morgan fingerprint density at radius 2 is 1.85 bits per heavy atom. The van der Waals surface area contributed by atoms with Gasteiger partial charge < -0.3 is 16.2 Å². The maximum absolute atomic E-state index is 10.9. The van der Waals surface area contributed by atoms with Crippen molar-refractivity contribution in [2.24, 2.45) is 0 Å². The lowest BCUT2D eigenvalue weighted by atomic mass is 10.1. The highest BCUT2D eigenvalue weighted by atomic mass is 35.5. The van der Waals surface area contributed by atoms with Gasteiger partial charge in [-0.3, -0.25) is 4.79 Å². The number of para-hydroxylation sites is 1. The second-order valence-corrected chi connectivity index (χ2v) is 5.02. The molecule has 0 radical (unpaired) electrons. The van der Waals surface area contributed by atoms with E-state index < -0.39 is 5.97 Å². The van der Waals surface area contributed by atoms with Crippen molar-refractivity contribution in [2.75, 3.05) is 11.1 Å². The van der Waals surface area contributed by atoms with Gasteiger partial charge >= 0.3 is 5.97 Å². The van der Waals surface area contributed by atoms with Crippen LogP contribution < -0.4 is 11.1 Å². The van der Waals surface area contributed by atoms with Gasteiger partial charge in [0.25, 0.3) is 0 Å². The van der Waals surface area contributed by atoms with Crippen LogP contribution >= 0.6 is 23.2 Å². The lowest BCUT2D eigenvalue weighted by Gasteiger charge is -2.14. The predicted molar refractivity (Wildman–Crippen MR) is 81.9 cm³/mol. The highest BCUT2D eigenvalue weighted by Gasteiger charge is 2.11. The molecule has 0 bridgehead atoms. The largest absolute Gasteiger partial charge is 0.481 e. The molecule has 0 unspecified atom stereocenters. The van der Waals surface area contributed by atoms with Gasteiger partial charge in [0.05, 0.1) is 22.2 Å². The van der Waals surface area contributed by atoms with Crippen molar-refractivity contribution in [1.82, 2.24) is 0 Å². The summed E-state index contributed by atoms with van der Waals surface area (Å²) in [6, 6.07) is 10.1. The molecule has 0 heterocycles. The van der Waals surface area contributed by atoms with E-state index in [1.54, 1.807) is 36.4 Å². The third kappa shape index (κ3) is 3.35. The van der Waals surface area contributed by atoms with E-state index >= 15 is 0 Å². The summed E-state index contributed by atoms with van der Waals surface area (Å²) in [4.78, 5) is 10.9. The zero-order valence-electron chi connectivity index (χ0n) is 10.4. The summed E-state index contributed by atoms with van der Waals surface area (Å²) in [7, 11) is 0. The Bertz CT molecular complexity index is 639. The minimum atomic E-state index is -0.941. The molecular formula is C14H12Cl2N2O2. The average molecular weight is 311 g/mol. The maximum Gasteiger partial charge on any atom is 0.307 e. The molecule has 0 aliphatic carbocycles. The molecule has 6 heteroatoms. The van der Waals surface area contributed by atoms with E-state index in [1.165, 1.54) is 0 Å². The van der Waals surface area contributed by atoms with E-state index in [4.69, 9.17) is 34.0 Å². The minimum absolute atomic E-state index is 0.143. The lowest BCUT2D eigenvalue weighted by molar-refractivity contribution is -0.136. The molecule has 4 N–H and O–H groups in total. The molecule has 4 nitrogen and oxygen atoms in total. The second kappa shape index (κ2) is 6.03. The summed E-state index contributed by atoms with van der Waals surface area (Å²) < 4.78 is 0. The van der Waals surface area contributed by atoms with Crippen molar-refractivity contribution in [2.45, 2.75) is 6.42 Å². The molecule has 0 saturated carbocycles. The monoisotopic (exact) mass is 310 g/mol. The Morgan fingerprint density at radius 3 is 2.45 bits per heavy atom. The summed E-state index contributed by atoms with van der Waals surface area (Å²) in [6.45, 7) is 0. The van der Waals surface area contributed by atoms with E-state index in [9.17, 15) is 4.79 Å². The molecular weight excluding hydrogens is 299 g/mol. The summed E-state index contributed by atoms with van der Waals surface area (Å²) in [6.07, 6.45) is -0.143. The molecule has 0 aliphatic heterocycles. The van der Waals surface area contributed by atoms with Crippen molar-refractivity contribution < 1.29 is 9.90 Å². The molecule has 104 valence electrons.